The standard InChI is InChI=1S/C15H13NO4/c1-2-19-14(17)11-3-5-13(6-4-11)20-15(18)12-7-9-16-10-8-12/h3-10H,2H2,1H3. The minimum Gasteiger partial charge on any atom is -0.462 e. The molecule has 0 aliphatic heterocycles. The molecule has 20 heavy (non-hydrogen) atoms. The van der Waals surface area contributed by atoms with Crippen LogP contribution in [-0.2, 0) is 4.74 Å². The van der Waals surface area contributed by atoms with Gasteiger partial charge >= 0.3 is 11.9 Å². The maximum Gasteiger partial charge on any atom is 0.343 e. The molecule has 0 spiro atoms. The van der Waals surface area contributed by atoms with Gasteiger partial charge in [-0.1, -0.05) is 0 Å². The molecule has 0 amide bonds. The highest BCUT2D eigenvalue weighted by Gasteiger charge is 2.10. The molecule has 1 heterocycles. The molecule has 102 valence electrons. The van der Waals surface area contributed by atoms with Crippen LogP contribution in [0.15, 0.2) is 48.8 Å². The third-order valence-electron chi connectivity index (χ3n) is 2.49. The van der Waals surface area contributed by atoms with Crippen molar-refractivity contribution in [2.75, 3.05) is 6.61 Å². The average Bonchev–Trinajstić information content (AvgIpc) is 2.49. The van der Waals surface area contributed by atoms with E-state index in [1.165, 1.54) is 12.4 Å². The van der Waals surface area contributed by atoms with E-state index in [2.05, 4.69) is 4.98 Å². The number of aromatic nitrogens is 1. The van der Waals surface area contributed by atoms with Crippen molar-refractivity contribution < 1.29 is 19.1 Å². The minimum absolute atomic E-state index is 0.317. The predicted octanol–water partition coefficient (Wildman–Crippen LogP) is 2.48. The highest BCUT2D eigenvalue weighted by molar-refractivity contribution is 5.91. The first-order chi connectivity index (χ1) is 9.70. The lowest BCUT2D eigenvalue weighted by Gasteiger charge is -2.05. The van der Waals surface area contributed by atoms with E-state index in [4.69, 9.17) is 9.47 Å². The van der Waals surface area contributed by atoms with Crippen molar-refractivity contribution in [1.29, 1.82) is 0 Å². The summed E-state index contributed by atoms with van der Waals surface area (Å²) < 4.78 is 10.0. The molecule has 1 aromatic heterocycles. The van der Waals surface area contributed by atoms with Gasteiger partial charge in [-0.05, 0) is 43.3 Å². The number of esters is 2. The number of carbonyl (C=O) groups is 2. The molecule has 0 radical (unpaired) electrons. The van der Waals surface area contributed by atoms with Gasteiger partial charge in [-0.2, -0.15) is 0 Å². The van der Waals surface area contributed by atoms with Gasteiger partial charge < -0.3 is 9.47 Å². The van der Waals surface area contributed by atoms with Crippen molar-refractivity contribution in [1.82, 2.24) is 4.98 Å². The Kier molecular flexibility index (Phi) is 4.44. The molecule has 5 nitrogen and oxygen atoms in total. The first-order valence-corrected chi connectivity index (χ1v) is 6.10. The molecular weight excluding hydrogens is 258 g/mol. The zero-order chi connectivity index (χ0) is 14.4. The Hall–Kier alpha value is -2.69. The summed E-state index contributed by atoms with van der Waals surface area (Å²) in [5.41, 5.74) is 0.824. The second kappa shape index (κ2) is 6.47. The number of benzene rings is 1. The molecule has 5 heteroatoms. The van der Waals surface area contributed by atoms with E-state index in [9.17, 15) is 9.59 Å². The first-order valence-electron chi connectivity index (χ1n) is 6.10. The summed E-state index contributed by atoms with van der Waals surface area (Å²) in [7, 11) is 0. The zero-order valence-corrected chi connectivity index (χ0v) is 10.9. The number of pyridine rings is 1. The third kappa shape index (κ3) is 3.41. The van der Waals surface area contributed by atoms with Crippen molar-refractivity contribution in [3.63, 3.8) is 0 Å². The third-order valence-corrected chi connectivity index (χ3v) is 2.49. The molecule has 2 rings (SSSR count). The van der Waals surface area contributed by atoms with Crippen LogP contribution in [-0.4, -0.2) is 23.5 Å². The Labute approximate surface area is 116 Å². The topological polar surface area (TPSA) is 65.5 Å². The van der Waals surface area contributed by atoms with E-state index in [0.717, 1.165) is 0 Å². The number of nitrogens with zero attached hydrogens (tertiary/aromatic N) is 1. The second-order valence-electron chi connectivity index (χ2n) is 3.87. The first kappa shape index (κ1) is 13.7. The van der Waals surface area contributed by atoms with Gasteiger partial charge in [0.2, 0.25) is 0 Å². The van der Waals surface area contributed by atoms with E-state index in [1.807, 2.05) is 0 Å². The summed E-state index contributed by atoms with van der Waals surface area (Å²) in [5.74, 6) is -0.518. The summed E-state index contributed by atoms with van der Waals surface area (Å²) >= 11 is 0. The van der Waals surface area contributed by atoms with Gasteiger partial charge in [-0.15, -0.1) is 0 Å². The molecule has 0 bridgehead atoms. The zero-order valence-electron chi connectivity index (χ0n) is 10.9. The smallest absolute Gasteiger partial charge is 0.343 e. The summed E-state index contributed by atoms with van der Waals surface area (Å²) in [5, 5.41) is 0. The maximum atomic E-state index is 11.8. The van der Waals surface area contributed by atoms with Crippen LogP contribution in [0.4, 0.5) is 0 Å². The van der Waals surface area contributed by atoms with Crippen LogP contribution >= 0.6 is 0 Å². The van der Waals surface area contributed by atoms with Gasteiger partial charge in [0.15, 0.2) is 0 Å². The molecule has 0 saturated carbocycles. The van der Waals surface area contributed by atoms with E-state index in [0.29, 0.717) is 23.5 Å². The number of hydrogen-bond acceptors (Lipinski definition) is 5. The van der Waals surface area contributed by atoms with Crippen molar-refractivity contribution in [2.45, 2.75) is 6.92 Å². The molecule has 0 saturated heterocycles. The Bertz CT molecular complexity index is 593. The second-order valence-corrected chi connectivity index (χ2v) is 3.87. The number of hydrogen-bond donors (Lipinski definition) is 0. The highest BCUT2D eigenvalue weighted by Crippen LogP contribution is 2.14. The van der Waals surface area contributed by atoms with Crippen LogP contribution in [0.25, 0.3) is 0 Å². The lowest BCUT2D eigenvalue weighted by atomic mass is 10.2. The van der Waals surface area contributed by atoms with Gasteiger partial charge in [0, 0.05) is 12.4 Å². The lowest BCUT2D eigenvalue weighted by molar-refractivity contribution is 0.0526. The highest BCUT2D eigenvalue weighted by atomic mass is 16.5. The fraction of sp³-hybridized carbons (Fsp3) is 0.133. The fourth-order valence-electron chi connectivity index (χ4n) is 1.53. The minimum atomic E-state index is -0.476. The van der Waals surface area contributed by atoms with Crippen LogP contribution in [0.1, 0.15) is 27.6 Å². The van der Waals surface area contributed by atoms with Crippen LogP contribution in [0.3, 0.4) is 0 Å². The van der Waals surface area contributed by atoms with Crippen LogP contribution in [0.2, 0.25) is 0 Å². The maximum absolute atomic E-state index is 11.8. The van der Waals surface area contributed by atoms with Crippen molar-refractivity contribution in [2.24, 2.45) is 0 Å². The van der Waals surface area contributed by atoms with Gasteiger partial charge in [0.25, 0.3) is 0 Å². The van der Waals surface area contributed by atoms with Gasteiger partial charge in [0.05, 0.1) is 17.7 Å². The molecule has 1 aromatic carbocycles. The van der Waals surface area contributed by atoms with E-state index >= 15 is 0 Å². The van der Waals surface area contributed by atoms with Crippen LogP contribution in [0.5, 0.6) is 5.75 Å². The lowest BCUT2D eigenvalue weighted by Crippen LogP contribution is -2.09. The largest absolute Gasteiger partial charge is 0.462 e. The van der Waals surface area contributed by atoms with Gasteiger partial charge in [0.1, 0.15) is 5.75 Å². The monoisotopic (exact) mass is 271 g/mol. The Morgan fingerprint density at radius 1 is 0.950 bits per heavy atom. The molecule has 0 aliphatic carbocycles. The number of rotatable bonds is 4. The van der Waals surface area contributed by atoms with E-state index in [1.54, 1.807) is 43.3 Å². The van der Waals surface area contributed by atoms with Gasteiger partial charge in [-0.25, -0.2) is 9.59 Å². The summed E-state index contributed by atoms with van der Waals surface area (Å²) in [4.78, 5) is 27.1. The average molecular weight is 271 g/mol. The SMILES string of the molecule is CCOC(=O)c1ccc(OC(=O)c2ccncc2)cc1. The van der Waals surface area contributed by atoms with E-state index in [-0.39, 0.29) is 0 Å². The normalized spacial score (nSPS) is 9.85. The predicted molar refractivity (Wildman–Crippen MR) is 71.6 cm³/mol. The number of ether oxygens (including phenoxy) is 2. The molecular formula is C15H13NO4. The van der Waals surface area contributed by atoms with Crippen molar-refractivity contribution >= 4 is 11.9 Å². The summed E-state index contributed by atoms with van der Waals surface area (Å²) in [6.45, 7) is 2.06. The molecule has 0 aliphatic rings. The molecule has 2 aromatic rings. The van der Waals surface area contributed by atoms with Crippen LogP contribution < -0.4 is 4.74 Å². The Morgan fingerprint density at radius 2 is 1.55 bits per heavy atom. The molecule has 0 N–H and O–H groups in total. The summed E-state index contributed by atoms with van der Waals surface area (Å²) in [6.07, 6.45) is 3.03. The fourth-order valence-corrected chi connectivity index (χ4v) is 1.53. The van der Waals surface area contributed by atoms with Crippen LogP contribution in [0, 0.1) is 0 Å². The Balaban J connectivity index is 2.04. The molecule has 0 atom stereocenters. The molecule has 0 unspecified atom stereocenters. The molecule has 0 fully saturated rings. The van der Waals surface area contributed by atoms with Crippen molar-refractivity contribution in [3.05, 3.63) is 59.9 Å². The quantitative estimate of drug-likeness (QED) is 0.631. The van der Waals surface area contributed by atoms with E-state index < -0.39 is 11.9 Å². The van der Waals surface area contributed by atoms with Crippen molar-refractivity contribution in [3.8, 4) is 5.75 Å². The summed E-state index contributed by atoms with van der Waals surface area (Å²) in [6, 6.07) is 9.32. The Morgan fingerprint density at radius 3 is 2.15 bits per heavy atom. The van der Waals surface area contributed by atoms with Gasteiger partial charge in [-0.3, -0.25) is 4.98 Å². The number of carbonyl (C=O) groups excluding carboxylic acids is 2.